The van der Waals surface area contributed by atoms with Crippen LogP contribution in [0.25, 0.3) is 0 Å². The lowest BCUT2D eigenvalue weighted by atomic mass is 9.81. The second-order valence-electron chi connectivity index (χ2n) is 11.2. The first kappa shape index (κ1) is 34.6. The Bertz CT molecular complexity index is 1260. The van der Waals surface area contributed by atoms with E-state index in [0.717, 1.165) is 0 Å². The fraction of sp³-hybridized carbons (Fsp3) is 0.556. The van der Waals surface area contributed by atoms with E-state index in [1.165, 1.54) is 42.7 Å². The number of esters is 1. The minimum atomic E-state index is -3.85. The summed E-state index contributed by atoms with van der Waals surface area (Å²) in [5, 5.41) is 1.26. The summed E-state index contributed by atoms with van der Waals surface area (Å²) in [6.45, 7) is 15.5. The maximum absolute atomic E-state index is 13.3. The number of halogens is 2. The Morgan fingerprint density at radius 1 is 1.23 bits per heavy atom. The highest BCUT2D eigenvalue weighted by Gasteiger charge is 2.53. The Balaban J connectivity index is 2.35. The molecule has 1 heterocycles. The van der Waals surface area contributed by atoms with Gasteiger partial charge >= 0.3 is 5.97 Å². The number of ether oxygens (including phenoxy) is 3. The maximum Gasteiger partial charge on any atom is 0.326 e. The van der Waals surface area contributed by atoms with Crippen LogP contribution in [0.15, 0.2) is 43.7 Å². The van der Waals surface area contributed by atoms with Crippen molar-refractivity contribution in [2.75, 3.05) is 27.4 Å². The van der Waals surface area contributed by atoms with E-state index in [1.54, 1.807) is 0 Å². The maximum atomic E-state index is 13.3. The molecule has 224 valence electrons. The van der Waals surface area contributed by atoms with Crippen molar-refractivity contribution in [1.29, 1.82) is 0 Å². The number of benzene rings is 1. The third-order valence-corrected chi connectivity index (χ3v) is 14.6. The van der Waals surface area contributed by atoms with Gasteiger partial charge in [0.1, 0.15) is 13.2 Å². The number of nitrogens with zero attached hydrogens (tertiary/aromatic N) is 1. The Morgan fingerprint density at radius 3 is 2.35 bits per heavy atom. The standard InChI is InChI=1S/C27H39ClINO8SSi/c1-17(28)15-37-24(31)14-30-21(25(26(30)32)18(2)38-40(8,9)27(3,4)5)12-19(29)16-39(33,34)20-10-11-22(35-6)23(13-20)36-7/h10-11,13,16,18,21,25H,1,12,14-15H2,2-9H3/t18-,21+,25+/m1/s1. The number of amides is 1. The lowest BCUT2D eigenvalue weighted by Gasteiger charge is -2.51. The van der Waals surface area contributed by atoms with Crippen molar-refractivity contribution in [3.8, 4) is 11.5 Å². The molecule has 1 aliphatic rings. The fourth-order valence-electron chi connectivity index (χ4n) is 4.11. The van der Waals surface area contributed by atoms with E-state index < -0.39 is 42.2 Å². The van der Waals surface area contributed by atoms with Crippen LogP contribution < -0.4 is 9.47 Å². The third-order valence-electron chi connectivity index (χ3n) is 7.24. The van der Waals surface area contributed by atoms with Crippen molar-refractivity contribution >= 4 is 64.2 Å². The van der Waals surface area contributed by atoms with E-state index >= 15 is 0 Å². The van der Waals surface area contributed by atoms with Crippen LogP contribution in [-0.2, 0) is 28.6 Å². The Hall–Kier alpha value is -1.61. The van der Waals surface area contributed by atoms with Crippen LogP contribution in [0.1, 0.15) is 34.1 Å². The monoisotopic (exact) mass is 727 g/mol. The minimum Gasteiger partial charge on any atom is -0.493 e. The van der Waals surface area contributed by atoms with Gasteiger partial charge < -0.3 is 23.5 Å². The molecule has 0 N–H and O–H groups in total. The highest BCUT2D eigenvalue weighted by molar-refractivity contribution is 14.1. The molecule has 0 saturated carbocycles. The van der Waals surface area contributed by atoms with E-state index in [4.69, 9.17) is 30.2 Å². The molecule has 2 rings (SSSR count). The van der Waals surface area contributed by atoms with Crippen LogP contribution in [0.3, 0.4) is 0 Å². The third kappa shape index (κ3) is 8.46. The van der Waals surface area contributed by atoms with E-state index in [2.05, 4.69) is 40.4 Å². The largest absolute Gasteiger partial charge is 0.493 e. The first-order chi connectivity index (χ1) is 18.3. The van der Waals surface area contributed by atoms with Crippen LogP contribution in [0.4, 0.5) is 0 Å². The van der Waals surface area contributed by atoms with Crippen molar-refractivity contribution in [2.24, 2.45) is 5.92 Å². The van der Waals surface area contributed by atoms with Crippen molar-refractivity contribution < 1.29 is 36.6 Å². The van der Waals surface area contributed by atoms with Crippen molar-refractivity contribution in [3.63, 3.8) is 0 Å². The summed E-state index contributed by atoms with van der Waals surface area (Å²) in [4.78, 5) is 27.1. The molecule has 3 atom stereocenters. The van der Waals surface area contributed by atoms with Gasteiger partial charge in [-0.05, 0) is 59.8 Å². The number of hydrogen-bond acceptors (Lipinski definition) is 8. The quantitative estimate of drug-likeness (QED) is 0.111. The van der Waals surface area contributed by atoms with Crippen LogP contribution in [-0.4, -0.2) is 73.0 Å². The lowest BCUT2D eigenvalue weighted by molar-refractivity contribution is -0.169. The molecular weight excluding hydrogens is 689 g/mol. The summed E-state index contributed by atoms with van der Waals surface area (Å²) in [6, 6.07) is 3.89. The summed E-state index contributed by atoms with van der Waals surface area (Å²) < 4.78 is 49.0. The molecule has 1 fully saturated rings. The van der Waals surface area contributed by atoms with Crippen LogP contribution in [0, 0.1) is 5.92 Å². The number of methoxy groups -OCH3 is 2. The zero-order valence-corrected chi connectivity index (χ0v) is 29.0. The van der Waals surface area contributed by atoms with E-state index in [0.29, 0.717) is 9.33 Å². The van der Waals surface area contributed by atoms with Crippen LogP contribution in [0.2, 0.25) is 18.1 Å². The first-order valence-corrected chi connectivity index (χ1v) is 18.6. The summed E-state index contributed by atoms with van der Waals surface area (Å²) in [7, 11) is -3.17. The molecule has 13 heteroatoms. The van der Waals surface area contributed by atoms with Gasteiger partial charge in [0.15, 0.2) is 19.8 Å². The van der Waals surface area contributed by atoms with Gasteiger partial charge in [0, 0.05) is 26.5 Å². The fourth-order valence-corrected chi connectivity index (χ4v) is 8.15. The highest BCUT2D eigenvalue weighted by atomic mass is 127. The van der Waals surface area contributed by atoms with Crippen molar-refractivity contribution in [3.05, 3.63) is 38.8 Å². The molecule has 1 aromatic carbocycles. The molecule has 1 aliphatic heterocycles. The van der Waals surface area contributed by atoms with Crippen molar-refractivity contribution in [1.82, 2.24) is 4.90 Å². The van der Waals surface area contributed by atoms with E-state index in [9.17, 15) is 18.0 Å². The smallest absolute Gasteiger partial charge is 0.326 e. The van der Waals surface area contributed by atoms with Gasteiger partial charge in [-0.1, -0.05) is 39.0 Å². The summed E-state index contributed by atoms with van der Waals surface area (Å²) >= 11 is 7.66. The summed E-state index contributed by atoms with van der Waals surface area (Å²) in [5.41, 5.74) is 0. The predicted molar refractivity (Wildman–Crippen MR) is 166 cm³/mol. The van der Waals surface area contributed by atoms with E-state index in [-0.39, 0.29) is 46.2 Å². The zero-order valence-electron chi connectivity index (χ0n) is 24.2. The van der Waals surface area contributed by atoms with E-state index in [1.807, 2.05) is 29.5 Å². The van der Waals surface area contributed by atoms with Crippen LogP contribution >= 0.6 is 34.2 Å². The van der Waals surface area contributed by atoms with Gasteiger partial charge in [-0.15, -0.1) is 0 Å². The van der Waals surface area contributed by atoms with Gasteiger partial charge in [0.2, 0.25) is 15.7 Å². The molecule has 0 aliphatic carbocycles. The normalized spacial score (nSPS) is 19.1. The minimum absolute atomic E-state index is 0.0388. The molecule has 0 spiro atoms. The number of β-lactam (4-membered cyclic amide) rings is 1. The number of sulfone groups is 1. The van der Waals surface area contributed by atoms with Gasteiger partial charge in [0.05, 0.1) is 37.2 Å². The lowest BCUT2D eigenvalue weighted by Crippen LogP contribution is -2.66. The molecule has 1 aromatic rings. The van der Waals surface area contributed by atoms with Gasteiger partial charge in [-0.3, -0.25) is 9.59 Å². The molecule has 1 amide bonds. The Kier molecular flexibility index (Phi) is 11.7. The number of carbonyl (C=O) groups is 2. The number of hydrogen-bond donors (Lipinski definition) is 0. The molecular formula is C27H39ClINO8SSi. The first-order valence-electron chi connectivity index (χ1n) is 12.6. The predicted octanol–water partition coefficient (Wildman–Crippen LogP) is 5.68. The summed E-state index contributed by atoms with van der Waals surface area (Å²) in [6.07, 6.45) is -0.218. The second kappa shape index (κ2) is 13.6. The highest BCUT2D eigenvalue weighted by Crippen LogP contribution is 2.42. The average Bonchev–Trinajstić information content (AvgIpc) is 2.83. The number of likely N-dealkylation sites (tertiary alicyclic amines) is 1. The Morgan fingerprint density at radius 2 is 1.82 bits per heavy atom. The van der Waals surface area contributed by atoms with Gasteiger partial charge in [-0.25, -0.2) is 8.42 Å². The molecule has 1 saturated heterocycles. The molecule has 0 aromatic heterocycles. The Labute approximate surface area is 257 Å². The van der Waals surface area contributed by atoms with Crippen molar-refractivity contribution in [2.45, 2.75) is 69.3 Å². The molecule has 9 nitrogen and oxygen atoms in total. The molecule has 40 heavy (non-hydrogen) atoms. The number of carbonyl (C=O) groups excluding carboxylic acids is 2. The zero-order chi connectivity index (χ0) is 30.6. The molecule has 0 bridgehead atoms. The van der Waals surface area contributed by atoms with Gasteiger partial charge in [-0.2, -0.15) is 0 Å². The molecule has 0 unspecified atom stereocenters. The van der Waals surface area contributed by atoms with Gasteiger partial charge in [0.25, 0.3) is 0 Å². The summed E-state index contributed by atoms with van der Waals surface area (Å²) in [5.74, 6) is -0.727. The molecule has 0 radical (unpaired) electrons. The number of rotatable bonds is 13. The second-order valence-corrected chi connectivity index (χ2v) is 19.6. The SMILES string of the molecule is C=C(Cl)COC(=O)CN1C(=O)[C@@H]([C@@H](C)O[Si](C)(C)C(C)(C)C)[C@@H]1CC(I)=CS(=O)(=O)c1ccc(OC)c(OC)c1. The topological polar surface area (TPSA) is 108 Å². The van der Waals surface area contributed by atoms with Crippen LogP contribution in [0.5, 0.6) is 11.5 Å². The average molecular weight is 728 g/mol.